The largest absolute Gasteiger partial charge is 0.490 e. The van der Waals surface area contributed by atoms with Crippen molar-refractivity contribution in [3.63, 3.8) is 0 Å². The predicted octanol–water partition coefficient (Wildman–Crippen LogP) is 4.97. The summed E-state index contributed by atoms with van der Waals surface area (Å²) >= 11 is 6.43. The first kappa shape index (κ1) is 35.1. The molecule has 50 heavy (non-hydrogen) atoms. The first-order valence-electron chi connectivity index (χ1n) is 17.7. The second kappa shape index (κ2) is 13.7. The normalized spacial score (nSPS) is 30.1. The van der Waals surface area contributed by atoms with E-state index in [2.05, 4.69) is 15.7 Å². The molecule has 11 nitrogen and oxygen atoms in total. The average Bonchev–Trinajstić information content (AvgIpc) is 3.21. The summed E-state index contributed by atoms with van der Waals surface area (Å²) in [7, 11) is -4.25. The van der Waals surface area contributed by atoms with Crippen LogP contribution in [0.2, 0.25) is 5.02 Å². The lowest BCUT2D eigenvalue weighted by Crippen LogP contribution is -2.50. The van der Waals surface area contributed by atoms with Crippen LogP contribution in [0.5, 0.6) is 5.75 Å². The number of aliphatic hydroxyl groups is 1. The quantitative estimate of drug-likeness (QED) is 0.391. The molecule has 7 rings (SSSR count). The van der Waals surface area contributed by atoms with E-state index < -0.39 is 39.8 Å². The summed E-state index contributed by atoms with van der Waals surface area (Å²) in [5.74, 6) is -0.0966. The average molecular weight is 728 g/mol. The number of piperidine rings is 1. The third-order valence-corrected chi connectivity index (χ3v) is 12.8. The number of hydrogen-bond donors (Lipinski definition) is 2. The van der Waals surface area contributed by atoms with Gasteiger partial charge in [0.05, 0.1) is 29.9 Å². The van der Waals surface area contributed by atoms with Crippen molar-refractivity contribution in [3.8, 4) is 5.75 Å². The van der Waals surface area contributed by atoms with E-state index >= 15 is 0 Å². The molecule has 4 atom stereocenters. The van der Waals surface area contributed by atoms with Crippen LogP contribution in [0.15, 0.2) is 53.4 Å². The van der Waals surface area contributed by atoms with Gasteiger partial charge in [0.1, 0.15) is 17.5 Å². The van der Waals surface area contributed by atoms with Crippen molar-refractivity contribution in [2.24, 2.45) is 11.8 Å². The van der Waals surface area contributed by atoms with Crippen LogP contribution in [-0.4, -0.2) is 87.6 Å². The summed E-state index contributed by atoms with van der Waals surface area (Å²) < 4.78 is 48.1. The van der Waals surface area contributed by atoms with Crippen molar-refractivity contribution in [1.29, 1.82) is 0 Å². The Morgan fingerprint density at radius 1 is 1.10 bits per heavy atom. The molecule has 13 heteroatoms. The highest BCUT2D eigenvalue weighted by molar-refractivity contribution is 7.90. The zero-order chi connectivity index (χ0) is 35.3. The number of nitrogens with zero attached hydrogens (tertiary/aromatic N) is 2. The minimum Gasteiger partial charge on any atom is -0.490 e. The van der Waals surface area contributed by atoms with Gasteiger partial charge in [-0.25, -0.2) is 17.9 Å². The number of carbonyl (C=O) groups excluding carboxylic acids is 2. The highest BCUT2D eigenvalue weighted by Gasteiger charge is 2.45. The molecule has 2 N–H and O–H groups in total. The van der Waals surface area contributed by atoms with Gasteiger partial charge in [0, 0.05) is 42.5 Å². The fourth-order valence-corrected chi connectivity index (χ4v) is 9.44. The van der Waals surface area contributed by atoms with Crippen molar-refractivity contribution < 1.29 is 37.3 Å². The molecule has 1 saturated heterocycles. The molecule has 2 amide bonds. The van der Waals surface area contributed by atoms with Gasteiger partial charge in [-0.15, -0.1) is 0 Å². The second-order valence-electron chi connectivity index (χ2n) is 15.0. The standard InChI is InChI=1S/C37H46ClN3O8S/c1-36(2)34(43)39-50(45,46)28-9-12-33-31(20-28)41(22-37(23-47-33)15-3-5-24-19-26(38)8-11-30(24)37)21-25-7-10-29(25)32(6-4-18-48-36)49-35(44)40-16-13-27(42)14-17-40/h4,6,8-9,11-12,19-20,25,27,29,32,42H,3,5,7,10,13-18,21-23H2,1-2H3,(H,39,43)/b6-4+/t25-,29+,32-,37-/m0/s1. The lowest BCUT2D eigenvalue weighted by molar-refractivity contribution is -0.139. The maximum absolute atomic E-state index is 13.6. The van der Waals surface area contributed by atoms with E-state index in [0.29, 0.717) is 62.1 Å². The topological polar surface area (TPSA) is 135 Å². The minimum absolute atomic E-state index is 0.00253. The molecule has 2 aliphatic carbocycles. The predicted molar refractivity (Wildman–Crippen MR) is 188 cm³/mol. The number of aryl methyl sites for hydroxylation is 1. The number of hydrogen-bond acceptors (Lipinski definition) is 9. The van der Waals surface area contributed by atoms with E-state index in [4.69, 9.17) is 25.8 Å². The molecule has 5 aliphatic rings. The summed E-state index contributed by atoms with van der Waals surface area (Å²) in [6, 6.07) is 10.8. The summed E-state index contributed by atoms with van der Waals surface area (Å²) in [5.41, 5.74) is 1.20. The van der Waals surface area contributed by atoms with Crippen molar-refractivity contribution in [3.05, 3.63) is 64.7 Å². The zero-order valence-corrected chi connectivity index (χ0v) is 30.2. The maximum atomic E-state index is 13.6. The van der Waals surface area contributed by atoms with E-state index in [1.807, 2.05) is 18.2 Å². The van der Waals surface area contributed by atoms with Gasteiger partial charge in [0.25, 0.3) is 15.9 Å². The number of likely N-dealkylation sites (tertiary alicyclic amines) is 1. The van der Waals surface area contributed by atoms with E-state index in [9.17, 15) is 23.1 Å². The number of amides is 2. The molecule has 2 aromatic rings. The smallest absolute Gasteiger partial charge is 0.410 e. The lowest BCUT2D eigenvalue weighted by atomic mass is 9.68. The lowest BCUT2D eigenvalue weighted by Gasteiger charge is -2.46. The number of ether oxygens (including phenoxy) is 3. The highest BCUT2D eigenvalue weighted by atomic mass is 35.5. The fourth-order valence-electron chi connectivity index (χ4n) is 8.12. The minimum atomic E-state index is -4.25. The van der Waals surface area contributed by atoms with Crippen LogP contribution in [0, 0.1) is 11.8 Å². The van der Waals surface area contributed by atoms with Crippen LogP contribution in [-0.2, 0) is 36.1 Å². The molecule has 2 aromatic carbocycles. The second-order valence-corrected chi connectivity index (χ2v) is 17.1. The Balaban J connectivity index is 1.27. The Labute approximate surface area is 298 Å². The van der Waals surface area contributed by atoms with Gasteiger partial charge in [0.2, 0.25) is 0 Å². The summed E-state index contributed by atoms with van der Waals surface area (Å²) in [5, 5.41) is 10.7. The number of sulfonamides is 1. The van der Waals surface area contributed by atoms with Gasteiger partial charge >= 0.3 is 6.09 Å². The third-order valence-electron chi connectivity index (χ3n) is 11.3. The van der Waals surface area contributed by atoms with Gasteiger partial charge < -0.3 is 29.1 Å². The van der Waals surface area contributed by atoms with Gasteiger partial charge in [0.15, 0.2) is 0 Å². The molecule has 3 heterocycles. The zero-order valence-electron chi connectivity index (χ0n) is 28.6. The van der Waals surface area contributed by atoms with Crippen molar-refractivity contribution >= 4 is 39.3 Å². The number of nitrogens with one attached hydrogen (secondary N) is 1. The molecule has 0 aromatic heterocycles. The van der Waals surface area contributed by atoms with E-state index in [1.165, 1.54) is 31.0 Å². The first-order chi connectivity index (χ1) is 23.8. The molecule has 2 bridgehead atoms. The Bertz CT molecular complexity index is 1780. The third kappa shape index (κ3) is 6.96. The molecule has 2 fully saturated rings. The number of carbonyl (C=O) groups is 2. The van der Waals surface area contributed by atoms with Crippen LogP contribution < -0.4 is 14.4 Å². The fraction of sp³-hybridized carbons (Fsp3) is 0.568. The van der Waals surface area contributed by atoms with E-state index in [0.717, 1.165) is 32.1 Å². The molecular weight excluding hydrogens is 682 g/mol. The van der Waals surface area contributed by atoms with Gasteiger partial charge in [-0.2, -0.15) is 0 Å². The number of halogens is 1. The van der Waals surface area contributed by atoms with Crippen LogP contribution in [0.3, 0.4) is 0 Å². The first-order valence-corrected chi connectivity index (χ1v) is 19.5. The van der Waals surface area contributed by atoms with Gasteiger partial charge in [-0.05, 0) is 112 Å². The van der Waals surface area contributed by atoms with E-state index in [1.54, 1.807) is 23.1 Å². The number of fused-ring (bicyclic) bond motifs is 4. The van der Waals surface area contributed by atoms with Crippen LogP contribution in [0.25, 0.3) is 0 Å². The van der Waals surface area contributed by atoms with Crippen LogP contribution in [0.1, 0.15) is 63.5 Å². The summed E-state index contributed by atoms with van der Waals surface area (Å²) in [6.07, 6.45) is 7.77. The highest BCUT2D eigenvalue weighted by Crippen LogP contribution is 2.47. The van der Waals surface area contributed by atoms with Crippen molar-refractivity contribution in [2.75, 3.05) is 44.3 Å². The SMILES string of the molecule is CC1(C)OC/C=C/[C@H](OC(=O)N2CCC(O)CC2)[C@@H]2CC[C@H]2CN2C[C@@]3(CCCc4cc(Cl)ccc43)COc3ccc(cc32)S(=O)(=O)NC1=O. The monoisotopic (exact) mass is 727 g/mol. The van der Waals surface area contributed by atoms with Gasteiger partial charge in [-0.1, -0.05) is 23.7 Å². The number of rotatable bonds is 1. The number of benzene rings is 2. The van der Waals surface area contributed by atoms with Crippen LogP contribution in [0.4, 0.5) is 10.5 Å². The molecule has 270 valence electrons. The summed E-state index contributed by atoms with van der Waals surface area (Å²) in [4.78, 5) is 30.5. The van der Waals surface area contributed by atoms with E-state index in [-0.39, 0.29) is 28.8 Å². The van der Waals surface area contributed by atoms with Gasteiger partial charge in [-0.3, -0.25) is 4.79 Å². The molecule has 0 radical (unpaired) electrons. The molecule has 3 aliphatic heterocycles. The summed E-state index contributed by atoms with van der Waals surface area (Å²) in [6.45, 7) is 5.49. The Hall–Kier alpha value is -3.32. The maximum Gasteiger partial charge on any atom is 0.410 e. The number of aliphatic hydroxyl groups excluding tert-OH is 1. The Morgan fingerprint density at radius 3 is 2.66 bits per heavy atom. The number of anilines is 1. The Kier molecular flexibility index (Phi) is 9.59. The molecule has 1 saturated carbocycles. The van der Waals surface area contributed by atoms with Crippen molar-refractivity contribution in [2.45, 2.75) is 86.9 Å². The molecule has 1 spiro atoms. The van der Waals surface area contributed by atoms with Crippen molar-refractivity contribution in [1.82, 2.24) is 9.62 Å². The van der Waals surface area contributed by atoms with Crippen LogP contribution >= 0.6 is 11.6 Å². The molecular formula is C37H46ClN3O8S. The molecule has 0 unspecified atom stereocenters. The Morgan fingerprint density at radius 2 is 1.90 bits per heavy atom.